The van der Waals surface area contributed by atoms with Crippen molar-refractivity contribution >= 4 is 29.5 Å². The summed E-state index contributed by atoms with van der Waals surface area (Å²) in [6.45, 7) is 0.698. The van der Waals surface area contributed by atoms with E-state index in [1.807, 2.05) is 0 Å². The highest BCUT2D eigenvalue weighted by atomic mass is 16.7. The van der Waals surface area contributed by atoms with Crippen LogP contribution >= 0.6 is 0 Å². The molecule has 1 aromatic rings. The van der Waals surface area contributed by atoms with E-state index >= 15 is 0 Å². The summed E-state index contributed by atoms with van der Waals surface area (Å²) in [7, 11) is 0. The lowest BCUT2D eigenvalue weighted by atomic mass is 9.96. The number of fused-ring (bicyclic) bond motifs is 1. The van der Waals surface area contributed by atoms with Gasteiger partial charge in [0.25, 0.3) is 11.8 Å². The number of carbonyl (C=O) groups excluding carboxylic acids is 4. The molecule has 2 heterocycles. The van der Waals surface area contributed by atoms with Gasteiger partial charge in [-0.25, -0.2) is 4.79 Å². The molecule has 0 radical (unpaired) electrons. The van der Waals surface area contributed by atoms with Crippen LogP contribution in [-0.4, -0.2) is 54.2 Å². The van der Waals surface area contributed by atoms with E-state index in [0.29, 0.717) is 17.2 Å². The largest absolute Gasteiger partial charge is 0.454 e. The standard InChI is InChI=1S/C18H19N3O7/c1-18(10-2-3-10)16(24)21(17(25)20-18)7-15(23)26-8-14(22)19-11-4-5-12-13(6-11)28-9-27-12/h4-6,10H,2-3,7-9H2,1H3,(H,19,22)(H,20,25)/t18-/m1/s1. The minimum absolute atomic E-state index is 0.0949. The van der Waals surface area contributed by atoms with Gasteiger partial charge in [0.15, 0.2) is 18.1 Å². The Kier molecular flexibility index (Phi) is 4.33. The van der Waals surface area contributed by atoms with E-state index in [1.165, 1.54) is 0 Å². The zero-order valence-electron chi connectivity index (χ0n) is 15.1. The molecule has 2 aliphatic heterocycles. The van der Waals surface area contributed by atoms with Gasteiger partial charge in [-0.3, -0.25) is 19.3 Å². The van der Waals surface area contributed by atoms with Gasteiger partial charge >= 0.3 is 12.0 Å². The summed E-state index contributed by atoms with van der Waals surface area (Å²) in [6, 6.07) is 4.24. The predicted octanol–water partition coefficient (Wildman–Crippen LogP) is 0.617. The maximum atomic E-state index is 12.5. The average Bonchev–Trinajstić information content (AvgIpc) is 3.38. The van der Waals surface area contributed by atoms with Gasteiger partial charge in [-0.1, -0.05) is 0 Å². The Balaban J connectivity index is 1.27. The maximum absolute atomic E-state index is 12.5. The van der Waals surface area contributed by atoms with Gasteiger partial charge in [-0.2, -0.15) is 0 Å². The lowest BCUT2D eigenvalue weighted by molar-refractivity contribution is -0.150. The summed E-state index contributed by atoms with van der Waals surface area (Å²) in [5, 5.41) is 5.21. The van der Waals surface area contributed by atoms with Crippen molar-refractivity contribution in [3.05, 3.63) is 18.2 Å². The Morgan fingerprint density at radius 1 is 1.29 bits per heavy atom. The van der Waals surface area contributed by atoms with Crippen LogP contribution in [0.4, 0.5) is 10.5 Å². The fourth-order valence-corrected chi connectivity index (χ4v) is 3.29. The highest BCUT2D eigenvalue weighted by molar-refractivity contribution is 6.09. The monoisotopic (exact) mass is 389 g/mol. The van der Waals surface area contributed by atoms with Crippen LogP contribution < -0.4 is 20.1 Å². The van der Waals surface area contributed by atoms with E-state index in [0.717, 1.165) is 17.7 Å². The molecule has 10 nitrogen and oxygen atoms in total. The Bertz CT molecular complexity index is 867. The first-order valence-electron chi connectivity index (χ1n) is 8.86. The Morgan fingerprint density at radius 3 is 2.79 bits per heavy atom. The molecule has 1 atom stereocenters. The van der Waals surface area contributed by atoms with Crippen LogP contribution in [0.25, 0.3) is 0 Å². The van der Waals surface area contributed by atoms with Crippen LogP contribution in [0.5, 0.6) is 11.5 Å². The van der Waals surface area contributed by atoms with Crippen LogP contribution in [0.3, 0.4) is 0 Å². The number of hydrogen-bond donors (Lipinski definition) is 2. The number of imide groups is 1. The third-order valence-corrected chi connectivity index (χ3v) is 5.00. The second-order valence-corrected chi connectivity index (χ2v) is 7.07. The number of amides is 4. The summed E-state index contributed by atoms with van der Waals surface area (Å²) in [4.78, 5) is 49.3. The molecule has 28 heavy (non-hydrogen) atoms. The third-order valence-electron chi connectivity index (χ3n) is 5.00. The van der Waals surface area contributed by atoms with Gasteiger partial charge in [0.05, 0.1) is 0 Å². The van der Waals surface area contributed by atoms with Crippen molar-refractivity contribution in [3.63, 3.8) is 0 Å². The summed E-state index contributed by atoms with van der Waals surface area (Å²) in [5.41, 5.74) is -0.506. The Labute approximate surface area is 160 Å². The fraction of sp³-hybridized carbons (Fsp3) is 0.444. The molecule has 1 aliphatic carbocycles. The number of hydrogen-bond acceptors (Lipinski definition) is 7. The smallest absolute Gasteiger partial charge is 0.326 e. The van der Waals surface area contributed by atoms with Crippen molar-refractivity contribution in [1.29, 1.82) is 0 Å². The van der Waals surface area contributed by atoms with E-state index in [4.69, 9.17) is 14.2 Å². The highest BCUT2D eigenvalue weighted by Crippen LogP contribution is 2.42. The van der Waals surface area contributed by atoms with Crippen molar-refractivity contribution in [3.8, 4) is 11.5 Å². The van der Waals surface area contributed by atoms with Gasteiger partial charge in [-0.15, -0.1) is 0 Å². The normalized spacial score (nSPS) is 22.8. The zero-order chi connectivity index (χ0) is 19.9. The van der Waals surface area contributed by atoms with Crippen molar-refractivity contribution in [1.82, 2.24) is 10.2 Å². The number of nitrogens with zero attached hydrogens (tertiary/aromatic N) is 1. The summed E-state index contributed by atoms with van der Waals surface area (Å²) in [6.07, 6.45) is 1.72. The number of benzene rings is 1. The number of carbonyl (C=O) groups is 4. The molecule has 1 saturated carbocycles. The van der Waals surface area contributed by atoms with Crippen LogP contribution in [0, 0.1) is 5.92 Å². The van der Waals surface area contributed by atoms with E-state index in [-0.39, 0.29) is 12.7 Å². The van der Waals surface area contributed by atoms with Crippen molar-refractivity contribution in [2.24, 2.45) is 5.92 Å². The number of rotatable bonds is 6. The van der Waals surface area contributed by atoms with Crippen molar-refractivity contribution in [2.75, 3.05) is 25.3 Å². The molecule has 0 unspecified atom stereocenters. The van der Waals surface area contributed by atoms with Crippen LogP contribution in [0.2, 0.25) is 0 Å². The first-order valence-corrected chi connectivity index (χ1v) is 8.86. The lowest BCUT2D eigenvalue weighted by Crippen LogP contribution is -2.46. The Morgan fingerprint density at radius 2 is 2.04 bits per heavy atom. The quantitative estimate of drug-likeness (QED) is 0.540. The molecule has 4 rings (SSSR count). The molecule has 0 spiro atoms. The maximum Gasteiger partial charge on any atom is 0.326 e. The minimum Gasteiger partial charge on any atom is -0.454 e. The molecule has 10 heteroatoms. The molecule has 3 aliphatic rings. The van der Waals surface area contributed by atoms with Gasteiger partial charge in [0.1, 0.15) is 12.1 Å². The molecular formula is C18H19N3O7. The predicted molar refractivity (Wildman–Crippen MR) is 93.5 cm³/mol. The van der Waals surface area contributed by atoms with E-state index in [2.05, 4.69) is 10.6 Å². The molecule has 1 aromatic carbocycles. The summed E-state index contributed by atoms with van der Waals surface area (Å²) >= 11 is 0. The van der Waals surface area contributed by atoms with Gasteiger partial charge in [0, 0.05) is 11.8 Å². The van der Waals surface area contributed by atoms with Crippen molar-refractivity contribution in [2.45, 2.75) is 25.3 Å². The first-order chi connectivity index (χ1) is 13.4. The van der Waals surface area contributed by atoms with E-state index in [1.54, 1.807) is 25.1 Å². The number of nitrogens with one attached hydrogen (secondary N) is 2. The van der Waals surface area contributed by atoms with Crippen LogP contribution in [0.1, 0.15) is 19.8 Å². The third kappa shape index (κ3) is 3.32. The van der Waals surface area contributed by atoms with Crippen molar-refractivity contribution < 1.29 is 33.4 Å². The first kappa shape index (κ1) is 18.1. The second-order valence-electron chi connectivity index (χ2n) is 7.07. The number of esters is 1. The number of urea groups is 1. The molecule has 1 saturated heterocycles. The van der Waals surface area contributed by atoms with E-state index < -0.39 is 42.5 Å². The SMILES string of the molecule is C[C@]1(C2CC2)NC(=O)N(CC(=O)OCC(=O)Nc2ccc3c(c2)OCO3)C1=O. The number of anilines is 1. The average molecular weight is 389 g/mol. The summed E-state index contributed by atoms with van der Waals surface area (Å²) < 4.78 is 15.3. The zero-order valence-corrected chi connectivity index (χ0v) is 15.1. The molecule has 2 fully saturated rings. The summed E-state index contributed by atoms with van der Waals surface area (Å²) in [5.74, 6) is -0.668. The Hall–Kier alpha value is -3.30. The van der Waals surface area contributed by atoms with Gasteiger partial charge in [0.2, 0.25) is 6.79 Å². The van der Waals surface area contributed by atoms with Crippen LogP contribution in [0.15, 0.2) is 18.2 Å². The van der Waals surface area contributed by atoms with Gasteiger partial charge < -0.3 is 24.8 Å². The topological polar surface area (TPSA) is 123 Å². The van der Waals surface area contributed by atoms with E-state index in [9.17, 15) is 19.2 Å². The molecular weight excluding hydrogens is 370 g/mol. The number of ether oxygens (including phenoxy) is 3. The van der Waals surface area contributed by atoms with Crippen LogP contribution in [-0.2, 0) is 19.1 Å². The molecule has 4 amide bonds. The highest BCUT2D eigenvalue weighted by Gasteiger charge is 2.56. The molecule has 0 aromatic heterocycles. The molecule has 0 bridgehead atoms. The second kappa shape index (κ2) is 6.70. The van der Waals surface area contributed by atoms with Gasteiger partial charge in [-0.05, 0) is 37.8 Å². The lowest BCUT2D eigenvalue weighted by Gasteiger charge is -2.20. The minimum atomic E-state index is -0.964. The molecule has 2 N–H and O–H groups in total. The fourth-order valence-electron chi connectivity index (χ4n) is 3.29. The molecule has 148 valence electrons.